The summed E-state index contributed by atoms with van der Waals surface area (Å²) in [4.78, 5) is 32.6. The maximum absolute atomic E-state index is 12.7. The number of fused-ring (bicyclic) bond motifs is 1. The van der Waals surface area contributed by atoms with Gasteiger partial charge in [0.1, 0.15) is 5.82 Å². The number of rotatable bonds is 7. The van der Waals surface area contributed by atoms with Gasteiger partial charge < -0.3 is 9.30 Å². The van der Waals surface area contributed by atoms with Gasteiger partial charge in [-0.15, -0.1) is 11.3 Å². The molecule has 1 aromatic carbocycles. The van der Waals surface area contributed by atoms with Crippen molar-refractivity contribution in [3.63, 3.8) is 0 Å². The number of nitrogens with zero attached hydrogens (tertiary/aromatic N) is 3. The molecule has 7 nitrogen and oxygen atoms in total. The van der Waals surface area contributed by atoms with Crippen LogP contribution in [0.2, 0.25) is 0 Å². The molecule has 1 N–H and O–H groups in total. The Morgan fingerprint density at radius 2 is 2.00 bits per heavy atom. The maximum Gasteiger partial charge on any atom is 0.330 e. The third-order valence-corrected chi connectivity index (χ3v) is 6.13. The minimum atomic E-state index is -0.467. The highest BCUT2D eigenvalue weighted by atomic mass is 79.9. The van der Waals surface area contributed by atoms with Crippen molar-refractivity contribution in [3.05, 3.63) is 72.0 Å². The van der Waals surface area contributed by atoms with E-state index < -0.39 is 11.2 Å². The number of thiophene rings is 1. The van der Waals surface area contributed by atoms with Crippen molar-refractivity contribution in [3.8, 4) is 11.4 Å². The Hall–Kier alpha value is -2.49. The molecule has 0 fully saturated rings. The van der Waals surface area contributed by atoms with E-state index in [1.807, 2.05) is 46.3 Å². The second kappa shape index (κ2) is 8.48. The van der Waals surface area contributed by atoms with Crippen LogP contribution in [0.5, 0.6) is 0 Å². The van der Waals surface area contributed by atoms with E-state index in [2.05, 4.69) is 20.9 Å². The first-order valence-electron chi connectivity index (χ1n) is 9.09. The largest absolute Gasteiger partial charge is 0.385 e. The second-order valence-corrected chi connectivity index (χ2v) is 8.87. The van der Waals surface area contributed by atoms with Crippen molar-refractivity contribution in [2.45, 2.75) is 19.5 Å². The van der Waals surface area contributed by atoms with Gasteiger partial charge in [0.05, 0.1) is 10.3 Å². The number of halogens is 1. The van der Waals surface area contributed by atoms with Crippen molar-refractivity contribution >= 4 is 38.4 Å². The van der Waals surface area contributed by atoms with Crippen LogP contribution in [-0.4, -0.2) is 32.8 Å². The number of methoxy groups -OCH3 is 1. The molecular formula is C20H19BrN4O3S. The molecule has 3 aromatic heterocycles. The molecule has 3 heterocycles. The van der Waals surface area contributed by atoms with E-state index in [1.54, 1.807) is 18.4 Å². The van der Waals surface area contributed by atoms with Crippen LogP contribution in [0.15, 0.2) is 55.2 Å². The van der Waals surface area contributed by atoms with Gasteiger partial charge in [0, 0.05) is 31.2 Å². The fourth-order valence-electron chi connectivity index (χ4n) is 3.32. The summed E-state index contributed by atoms with van der Waals surface area (Å²) in [6.45, 7) is 1.45. The number of aromatic nitrogens is 4. The van der Waals surface area contributed by atoms with Gasteiger partial charge in [-0.1, -0.05) is 30.3 Å². The lowest BCUT2D eigenvalue weighted by atomic mass is 10.2. The Morgan fingerprint density at radius 1 is 1.21 bits per heavy atom. The average molecular weight is 475 g/mol. The number of aromatic amines is 1. The molecule has 0 spiro atoms. The lowest BCUT2D eigenvalue weighted by Crippen LogP contribution is -2.31. The molecular weight excluding hydrogens is 456 g/mol. The summed E-state index contributed by atoms with van der Waals surface area (Å²) in [5.74, 6) is 0.663. The van der Waals surface area contributed by atoms with Crippen LogP contribution in [0, 0.1) is 0 Å². The molecule has 0 saturated heterocycles. The maximum atomic E-state index is 12.7. The van der Waals surface area contributed by atoms with Crippen molar-refractivity contribution < 1.29 is 4.74 Å². The number of H-pyrrole nitrogens is 1. The van der Waals surface area contributed by atoms with Crippen LogP contribution < -0.4 is 11.2 Å². The van der Waals surface area contributed by atoms with Crippen LogP contribution in [-0.2, 0) is 17.8 Å². The van der Waals surface area contributed by atoms with Crippen molar-refractivity contribution in [2.75, 3.05) is 13.7 Å². The number of benzene rings is 1. The van der Waals surface area contributed by atoms with Crippen molar-refractivity contribution in [1.82, 2.24) is 19.1 Å². The molecule has 0 saturated carbocycles. The number of imidazole rings is 1. The standard InChI is InChI=1S/C20H19BrN4O3S/c1-28-9-5-8-24-16-18(22-17(24)14-10-15(21)29-12-14)25(20(27)23-19(16)26)11-13-6-3-2-4-7-13/h2-4,6-7,10,12H,5,8-9,11H2,1H3,(H,23,26,27). The molecule has 0 bridgehead atoms. The first kappa shape index (κ1) is 19.8. The normalized spacial score (nSPS) is 11.4. The molecule has 4 aromatic rings. The Balaban J connectivity index is 1.93. The molecule has 150 valence electrons. The first-order chi connectivity index (χ1) is 14.1. The highest BCUT2D eigenvalue weighted by Gasteiger charge is 2.20. The number of ether oxygens (including phenoxy) is 1. The molecule has 0 atom stereocenters. The molecule has 0 radical (unpaired) electrons. The number of hydrogen-bond acceptors (Lipinski definition) is 5. The van der Waals surface area contributed by atoms with Gasteiger partial charge in [-0.3, -0.25) is 14.3 Å². The van der Waals surface area contributed by atoms with Gasteiger partial charge in [-0.2, -0.15) is 0 Å². The van der Waals surface area contributed by atoms with Gasteiger partial charge >= 0.3 is 5.69 Å². The smallest absolute Gasteiger partial charge is 0.330 e. The Morgan fingerprint density at radius 3 is 2.69 bits per heavy atom. The van der Waals surface area contributed by atoms with E-state index in [9.17, 15) is 9.59 Å². The van der Waals surface area contributed by atoms with E-state index in [4.69, 9.17) is 9.72 Å². The van der Waals surface area contributed by atoms with Gasteiger partial charge in [0.25, 0.3) is 5.56 Å². The van der Waals surface area contributed by atoms with Gasteiger partial charge in [0.2, 0.25) is 0 Å². The fraction of sp³-hybridized carbons (Fsp3) is 0.250. The summed E-state index contributed by atoms with van der Waals surface area (Å²) in [7, 11) is 1.65. The number of nitrogens with one attached hydrogen (secondary N) is 1. The topological polar surface area (TPSA) is 81.9 Å². The minimum absolute atomic E-state index is 0.328. The minimum Gasteiger partial charge on any atom is -0.385 e. The predicted octanol–water partition coefficient (Wildman–Crippen LogP) is 3.46. The summed E-state index contributed by atoms with van der Waals surface area (Å²) < 4.78 is 9.54. The number of aryl methyl sites for hydroxylation is 1. The third kappa shape index (κ3) is 3.98. The summed E-state index contributed by atoms with van der Waals surface area (Å²) >= 11 is 5.03. The van der Waals surface area contributed by atoms with Crippen LogP contribution in [0.3, 0.4) is 0 Å². The zero-order valence-corrected chi connectivity index (χ0v) is 18.1. The summed E-state index contributed by atoms with van der Waals surface area (Å²) in [5, 5.41) is 1.98. The third-order valence-electron chi connectivity index (χ3n) is 4.62. The summed E-state index contributed by atoms with van der Waals surface area (Å²) in [5.41, 5.74) is 1.74. The van der Waals surface area contributed by atoms with E-state index >= 15 is 0 Å². The molecule has 0 aliphatic carbocycles. The fourth-order valence-corrected chi connectivity index (χ4v) is 4.45. The van der Waals surface area contributed by atoms with E-state index in [0.717, 1.165) is 21.3 Å². The van der Waals surface area contributed by atoms with E-state index in [-0.39, 0.29) is 0 Å². The van der Waals surface area contributed by atoms with Crippen LogP contribution in [0.4, 0.5) is 0 Å². The van der Waals surface area contributed by atoms with Crippen LogP contribution in [0.25, 0.3) is 22.6 Å². The Bertz CT molecular complexity index is 1260. The molecule has 0 aliphatic heterocycles. The quantitative estimate of drug-likeness (QED) is 0.415. The molecule has 0 amide bonds. The van der Waals surface area contributed by atoms with Gasteiger partial charge in [0.15, 0.2) is 11.2 Å². The van der Waals surface area contributed by atoms with Crippen molar-refractivity contribution in [1.29, 1.82) is 0 Å². The Labute approximate surface area is 178 Å². The van der Waals surface area contributed by atoms with E-state index in [1.165, 1.54) is 4.57 Å². The monoisotopic (exact) mass is 474 g/mol. The Kier molecular flexibility index (Phi) is 5.79. The summed E-state index contributed by atoms with van der Waals surface area (Å²) in [6, 6.07) is 11.6. The van der Waals surface area contributed by atoms with Gasteiger partial charge in [-0.05, 0) is 34.0 Å². The molecule has 0 aliphatic rings. The van der Waals surface area contributed by atoms with Crippen LogP contribution in [0.1, 0.15) is 12.0 Å². The SMILES string of the molecule is COCCCn1c(-c2csc(Br)c2)nc2c1c(=O)[nH]c(=O)n2Cc1ccccc1. The molecule has 29 heavy (non-hydrogen) atoms. The first-order valence-corrected chi connectivity index (χ1v) is 10.8. The highest BCUT2D eigenvalue weighted by Crippen LogP contribution is 2.30. The van der Waals surface area contributed by atoms with E-state index in [0.29, 0.717) is 36.7 Å². The molecule has 0 unspecified atom stereocenters. The van der Waals surface area contributed by atoms with Crippen molar-refractivity contribution in [2.24, 2.45) is 0 Å². The zero-order valence-electron chi connectivity index (χ0n) is 15.7. The molecule has 4 rings (SSSR count). The lowest BCUT2D eigenvalue weighted by molar-refractivity contribution is 0.191. The number of hydrogen-bond donors (Lipinski definition) is 1. The molecule has 9 heteroatoms. The van der Waals surface area contributed by atoms with Gasteiger partial charge in [-0.25, -0.2) is 9.78 Å². The predicted molar refractivity (Wildman–Crippen MR) is 118 cm³/mol. The summed E-state index contributed by atoms with van der Waals surface area (Å²) in [6.07, 6.45) is 0.720. The second-order valence-electron chi connectivity index (χ2n) is 6.58. The highest BCUT2D eigenvalue weighted by molar-refractivity contribution is 9.11. The zero-order chi connectivity index (χ0) is 20.4. The van der Waals surface area contributed by atoms with Crippen LogP contribution >= 0.6 is 27.3 Å². The average Bonchev–Trinajstić information content (AvgIpc) is 3.30. The lowest BCUT2D eigenvalue weighted by Gasteiger charge is -2.08.